The average Bonchev–Trinajstić information content (AvgIpc) is 3.23. The zero-order valence-electron chi connectivity index (χ0n) is 14.7. The topological polar surface area (TPSA) is 60.7 Å². The predicted molar refractivity (Wildman–Crippen MR) is 105 cm³/mol. The smallest absolute Gasteiger partial charge is 0.272 e. The first-order chi connectivity index (χ1) is 13.1. The number of aryl methyl sites for hydroxylation is 1. The number of carbonyl (C=O) groups is 1. The third kappa shape index (κ3) is 3.67. The molecule has 4 rings (SSSR count). The minimum atomic E-state index is -0.266. The van der Waals surface area contributed by atoms with Crippen molar-refractivity contribution in [1.29, 1.82) is 0 Å². The summed E-state index contributed by atoms with van der Waals surface area (Å²) < 4.78 is 13.2. The molecule has 1 aliphatic rings. The van der Waals surface area contributed by atoms with Gasteiger partial charge in [0.2, 0.25) is 0 Å². The summed E-state index contributed by atoms with van der Waals surface area (Å²) in [4.78, 5) is 18.8. The molecule has 0 atom stereocenters. The highest BCUT2D eigenvalue weighted by Crippen LogP contribution is 2.25. The molecule has 3 N–H and O–H groups in total. The number of aromatic amines is 2. The lowest BCUT2D eigenvalue weighted by Gasteiger charge is -2.06. The first-order valence-corrected chi connectivity index (χ1v) is 8.61. The monoisotopic (exact) mass is 359 g/mol. The zero-order chi connectivity index (χ0) is 18.8. The first kappa shape index (κ1) is 16.8. The fraction of sp³-hybridized carbons (Fsp3) is 0.0455. The Morgan fingerprint density at radius 2 is 1.78 bits per heavy atom. The molecule has 2 heterocycles. The molecule has 0 aliphatic heterocycles. The Labute approximate surface area is 156 Å². The maximum Gasteiger partial charge on any atom is 0.272 e. The van der Waals surface area contributed by atoms with Crippen LogP contribution in [0.1, 0.15) is 27.4 Å². The number of carbonyl (C=O) groups excluding carboxylic acids is 1. The number of amides is 1. The van der Waals surface area contributed by atoms with Gasteiger partial charge in [-0.05, 0) is 73.2 Å². The van der Waals surface area contributed by atoms with Crippen LogP contribution >= 0.6 is 0 Å². The van der Waals surface area contributed by atoms with Gasteiger partial charge in [0.15, 0.2) is 0 Å². The SMILES string of the molecule is Cc1ccc(C(=O)NC2=Cc3cc(-c4ccc(F)cc4)[nH]c3C=CC=C2)[nH]1. The van der Waals surface area contributed by atoms with Gasteiger partial charge in [0, 0.05) is 28.3 Å². The number of allylic oxidation sites excluding steroid dienone is 3. The number of benzene rings is 1. The Kier molecular flexibility index (Phi) is 4.34. The van der Waals surface area contributed by atoms with Crippen LogP contribution in [0.4, 0.5) is 4.39 Å². The summed E-state index contributed by atoms with van der Waals surface area (Å²) in [6, 6.07) is 11.9. The standard InChI is InChI=1S/C22H18FN3O/c1-14-6-11-20(24-14)22(27)25-18-4-2-3-5-19-16(12-18)13-21(26-19)15-7-9-17(23)10-8-15/h2-13,24,26H,1H3,(H,25,27). The fourth-order valence-electron chi connectivity index (χ4n) is 2.97. The Balaban J connectivity index is 1.64. The number of fused-ring (bicyclic) bond motifs is 1. The van der Waals surface area contributed by atoms with Crippen LogP contribution < -0.4 is 5.32 Å². The van der Waals surface area contributed by atoms with E-state index in [1.165, 1.54) is 12.1 Å². The van der Waals surface area contributed by atoms with Gasteiger partial charge in [-0.25, -0.2) is 4.39 Å². The van der Waals surface area contributed by atoms with Crippen LogP contribution in [0.5, 0.6) is 0 Å². The van der Waals surface area contributed by atoms with Crippen molar-refractivity contribution in [3.8, 4) is 11.3 Å². The number of nitrogens with one attached hydrogen (secondary N) is 3. The van der Waals surface area contributed by atoms with Gasteiger partial charge in [-0.15, -0.1) is 0 Å². The molecule has 1 aromatic carbocycles. The van der Waals surface area contributed by atoms with Crippen LogP contribution in [-0.4, -0.2) is 15.9 Å². The van der Waals surface area contributed by atoms with E-state index < -0.39 is 0 Å². The molecule has 5 heteroatoms. The molecule has 0 saturated carbocycles. The molecule has 0 radical (unpaired) electrons. The Hall–Kier alpha value is -3.60. The molecule has 27 heavy (non-hydrogen) atoms. The molecule has 0 fully saturated rings. The van der Waals surface area contributed by atoms with Crippen molar-refractivity contribution < 1.29 is 9.18 Å². The van der Waals surface area contributed by atoms with E-state index in [0.717, 1.165) is 28.2 Å². The zero-order valence-corrected chi connectivity index (χ0v) is 14.7. The van der Waals surface area contributed by atoms with Crippen LogP contribution in [0.3, 0.4) is 0 Å². The molecule has 0 bridgehead atoms. The summed E-state index contributed by atoms with van der Waals surface area (Å²) in [7, 11) is 0. The van der Waals surface area contributed by atoms with Crippen LogP contribution in [0.2, 0.25) is 0 Å². The van der Waals surface area contributed by atoms with Crippen molar-refractivity contribution in [3.63, 3.8) is 0 Å². The number of aromatic nitrogens is 2. The summed E-state index contributed by atoms with van der Waals surface area (Å²) >= 11 is 0. The van der Waals surface area contributed by atoms with Crippen molar-refractivity contribution in [2.45, 2.75) is 6.92 Å². The summed E-state index contributed by atoms with van der Waals surface area (Å²) in [5.41, 5.74) is 5.76. The molecule has 3 aromatic rings. The lowest BCUT2D eigenvalue weighted by Crippen LogP contribution is -2.22. The normalized spacial score (nSPS) is 12.9. The lowest BCUT2D eigenvalue weighted by atomic mass is 10.1. The second-order valence-corrected chi connectivity index (χ2v) is 6.39. The molecular weight excluding hydrogens is 341 g/mol. The second-order valence-electron chi connectivity index (χ2n) is 6.39. The van der Waals surface area contributed by atoms with Gasteiger partial charge in [0.1, 0.15) is 11.5 Å². The largest absolute Gasteiger partial charge is 0.355 e. The highest BCUT2D eigenvalue weighted by atomic mass is 19.1. The fourth-order valence-corrected chi connectivity index (χ4v) is 2.97. The highest BCUT2D eigenvalue weighted by molar-refractivity contribution is 5.94. The van der Waals surface area contributed by atoms with Crippen molar-refractivity contribution in [2.24, 2.45) is 0 Å². The number of rotatable bonds is 3. The van der Waals surface area contributed by atoms with Gasteiger partial charge < -0.3 is 15.3 Å². The Morgan fingerprint density at radius 3 is 2.52 bits per heavy atom. The summed E-state index contributed by atoms with van der Waals surface area (Å²) in [6.45, 7) is 1.90. The quantitative estimate of drug-likeness (QED) is 0.617. The predicted octanol–water partition coefficient (Wildman–Crippen LogP) is 4.81. The van der Waals surface area contributed by atoms with Gasteiger partial charge in [0.25, 0.3) is 5.91 Å². The lowest BCUT2D eigenvalue weighted by molar-refractivity contribution is 0.0963. The molecular formula is C22H18FN3O. The molecule has 4 nitrogen and oxygen atoms in total. The maximum atomic E-state index is 13.2. The Morgan fingerprint density at radius 1 is 1.00 bits per heavy atom. The molecule has 1 amide bonds. The minimum absolute atomic E-state index is 0.195. The van der Waals surface area contributed by atoms with E-state index in [1.54, 1.807) is 18.2 Å². The van der Waals surface area contributed by atoms with Crippen molar-refractivity contribution >= 4 is 18.1 Å². The van der Waals surface area contributed by atoms with Crippen LogP contribution in [0, 0.1) is 12.7 Å². The van der Waals surface area contributed by atoms with E-state index >= 15 is 0 Å². The van der Waals surface area contributed by atoms with Crippen LogP contribution in [0.15, 0.2) is 66.4 Å². The van der Waals surface area contributed by atoms with Crippen LogP contribution in [-0.2, 0) is 0 Å². The summed E-state index contributed by atoms with van der Waals surface area (Å²) in [5, 5.41) is 2.92. The second kappa shape index (κ2) is 6.96. The number of halogens is 1. The average molecular weight is 359 g/mol. The van der Waals surface area contributed by atoms with E-state index in [2.05, 4.69) is 15.3 Å². The van der Waals surface area contributed by atoms with E-state index in [1.807, 2.05) is 49.4 Å². The van der Waals surface area contributed by atoms with E-state index in [9.17, 15) is 9.18 Å². The molecule has 1 aliphatic carbocycles. The number of H-pyrrole nitrogens is 2. The molecule has 134 valence electrons. The van der Waals surface area contributed by atoms with Gasteiger partial charge >= 0.3 is 0 Å². The summed E-state index contributed by atoms with van der Waals surface area (Å²) in [6.07, 6.45) is 9.49. The highest BCUT2D eigenvalue weighted by Gasteiger charge is 2.11. The molecule has 2 aromatic heterocycles. The van der Waals surface area contributed by atoms with Gasteiger partial charge in [0.05, 0.1) is 0 Å². The summed E-state index contributed by atoms with van der Waals surface area (Å²) in [5.74, 6) is -0.461. The number of hydrogen-bond acceptors (Lipinski definition) is 1. The van der Waals surface area contributed by atoms with Gasteiger partial charge in [-0.2, -0.15) is 0 Å². The van der Waals surface area contributed by atoms with Gasteiger partial charge in [-0.3, -0.25) is 4.79 Å². The molecule has 0 spiro atoms. The van der Waals surface area contributed by atoms with Gasteiger partial charge in [-0.1, -0.05) is 12.2 Å². The van der Waals surface area contributed by atoms with E-state index in [0.29, 0.717) is 11.4 Å². The molecule has 0 unspecified atom stereocenters. The maximum absolute atomic E-state index is 13.2. The van der Waals surface area contributed by atoms with Crippen molar-refractivity contribution in [3.05, 3.63) is 94.9 Å². The molecule has 0 saturated heterocycles. The third-order valence-corrected chi connectivity index (χ3v) is 4.33. The van der Waals surface area contributed by atoms with Crippen molar-refractivity contribution in [2.75, 3.05) is 0 Å². The Bertz CT molecular complexity index is 1080. The number of hydrogen-bond donors (Lipinski definition) is 3. The van der Waals surface area contributed by atoms with Crippen molar-refractivity contribution in [1.82, 2.24) is 15.3 Å². The first-order valence-electron chi connectivity index (χ1n) is 8.61. The third-order valence-electron chi connectivity index (χ3n) is 4.33. The van der Waals surface area contributed by atoms with Crippen LogP contribution in [0.25, 0.3) is 23.4 Å². The minimum Gasteiger partial charge on any atom is -0.355 e. The van der Waals surface area contributed by atoms with E-state index in [4.69, 9.17) is 0 Å². The van der Waals surface area contributed by atoms with E-state index in [-0.39, 0.29) is 11.7 Å².